The standard InChI is InChI=1S/C16H19BrN4O/c1-3-11(4-2)16(22)19-15-10-9-14(20-21-15)18-13-8-6-5-7-12(13)17/h5-11H,3-4H2,1-2H3,(H,18,20)(H,19,21,22). The predicted octanol–water partition coefficient (Wildman–Crippen LogP) is 4.36. The van der Waals surface area contributed by atoms with Crippen molar-refractivity contribution in [3.63, 3.8) is 0 Å². The van der Waals surface area contributed by atoms with Crippen LogP contribution in [0.5, 0.6) is 0 Å². The minimum Gasteiger partial charge on any atom is -0.338 e. The van der Waals surface area contributed by atoms with Gasteiger partial charge >= 0.3 is 0 Å². The summed E-state index contributed by atoms with van der Waals surface area (Å²) in [6, 6.07) is 11.3. The molecule has 2 rings (SSSR count). The minimum absolute atomic E-state index is 0.00851. The zero-order chi connectivity index (χ0) is 15.9. The summed E-state index contributed by atoms with van der Waals surface area (Å²) in [6.45, 7) is 4.01. The van der Waals surface area contributed by atoms with Crippen LogP contribution in [0.15, 0.2) is 40.9 Å². The molecule has 0 atom stereocenters. The number of hydrogen-bond donors (Lipinski definition) is 2. The summed E-state index contributed by atoms with van der Waals surface area (Å²) >= 11 is 3.47. The Hall–Kier alpha value is -1.95. The molecule has 6 heteroatoms. The van der Waals surface area contributed by atoms with E-state index < -0.39 is 0 Å². The van der Waals surface area contributed by atoms with E-state index in [9.17, 15) is 4.79 Å². The maximum absolute atomic E-state index is 12.0. The molecular formula is C16H19BrN4O. The molecule has 0 aliphatic carbocycles. The number of anilines is 3. The fourth-order valence-corrected chi connectivity index (χ4v) is 2.44. The fraction of sp³-hybridized carbons (Fsp3) is 0.312. The highest BCUT2D eigenvalue weighted by Crippen LogP contribution is 2.24. The van der Waals surface area contributed by atoms with E-state index in [2.05, 4.69) is 36.8 Å². The number of para-hydroxylation sites is 1. The molecule has 116 valence electrons. The zero-order valence-corrected chi connectivity index (χ0v) is 14.2. The van der Waals surface area contributed by atoms with Crippen LogP contribution in [0.2, 0.25) is 0 Å². The lowest BCUT2D eigenvalue weighted by Crippen LogP contribution is -2.22. The molecule has 2 aromatic rings. The molecule has 0 saturated heterocycles. The number of nitrogens with one attached hydrogen (secondary N) is 2. The second-order valence-electron chi connectivity index (χ2n) is 4.91. The topological polar surface area (TPSA) is 66.9 Å². The van der Waals surface area contributed by atoms with Crippen LogP contribution in [0.4, 0.5) is 17.3 Å². The van der Waals surface area contributed by atoms with Gasteiger partial charge in [0.1, 0.15) is 0 Å². The van der Waals surface area contributed by atoms with Gasteiger partial charge in [0.15, 0.2) is 11.6 Å². The lowest BCUT2D eigenvalue weighted by atomic mass is 10.0. The van der Waals surface area contributed by atoms with E-state index in [1.54, 1.807) is 12.1 Å². The third kappa shape index (κ3) is 4.27. The van der Waals surface area contributed by atoms with Crippen LogP contribution in [0.1, 0.15) is 26.7 Å². The summed E-state index contributed by atoms with van der Waals surface area (Å²) in [5.41, 5.74) is 0.908. The van der Waals surface area contributed by atoms with Gasteiger partial charge in [-0.2, -0.15) is 0 Å². The van der Waals surface area contributed by atoms with Crippen molar-refractivity contribution in [3.8, 4) is 0 Å². The van der Waals surface area contributed by atoms with Gasteiger partial charge < -0.3 is 10.6 Å². The molecule has 22 heavy (non-hydrogen) atoms. The SMILES string of the molecule is CCC(CC)C(=O)Nc1ccc(Nc2ccccc2Br)nn1. The number of rotatable bonds is 6. The van der Waals surface area contributed by atoms with Crippen molar-refractivity contribution in [1.29, 1.82) is 0 Å². The quantitative estimate of drug-likeness (QED) is 0.800. The van der Waals surface area contributed by atoms with Gasteiger partial charge in [-0.1, -0.05) is 26.0 Å². The zero-order valence-electron chi connectivity index (χ0n) is 12.6. The first-order valence-corrected chi connectivity index (χ1v) is 8.09. The Labute approximate surface area is 138 Å². The molecule has 5 nitrogen and oxygen atoms in total. The molecule has 1 aromatic carbocycles. The van der Waals surface area contributed by atoms with Crippen molar-refractivity contribution in [1.82, 2.24) is 10.2 Å². The molecule has 0 aliphatic rings. The van der Waals surface area contributed by atoms with Crippen molar-refractivity contribution in [2.24, 2.45) is 5.92 Å². The van der Waals surface area contributed by atoms with E-state index in [4.69, 9.17) is 0 Å². The van der Waals surface area contributed by atoms with Gasteiger partial charge in [-0.3, -0.25) is 4.79 Å². The van der Waals surface area contributed by atoms with Crippen LogP contribution in [0.3, 0.4) is 0 Å². The first-order valence-electron chi connectivity index (χ1n) is 7.30. The molecular weight excluding hydrogens is 344 g/mol. The molecule has 1 aromatic heterocycles. The van der Waals surface area contributed by atoms with Crippen molar-refractivity contribution < 1.29 is 4.79 Å². The van der Waals surface area contributed by atoms with E-state index in [-0.39, 0.29) is 11.8 Å². The maximum Gasteiger partial charge on any atom is 0.228 e. The van der Waals surface area contributed by atoms with Gasteiger partial charge in [0.25, 0.3) is 0 Å². The summed E-state index contributed by atoms with van der Waals surface area (Å²) in [4.78, 5) is 12.0. The molecule has 1 heterocycles. The van der Waals surface area contributed by atoms with Crippen LogP contribution >= 0.6 is 15.9 Å². The van der Waals surface area contributed by atoms with Gasteiger partial charge in [-0.25, -0.2) is 0 Å². The molecule has 0 saturated carbocycles. The largest absolute Gasteiger partial charge is 0.338 e. The first kappa shape index (κ1) is 16.4. The van der Waals surface area contributed by atoms with Gasteiger partial charge in [0, 0.05) is 10.4 Å². The third-order valence-corrected chi connectivity index (χ3v) is 4.10. The minimum atomic E-state index is -0.00851. The molecule has 0 radical (unpaired) electrons. The number of carbonyl (C=O) groups is 1. The Morgan fingerprint density at radius 2 is 1.73 bits per heavy atom. The molecule has 2 N–H and O–H groups in total. The van der Waals surface area contributed by atoms with E-state index in [1.165, 1.54) is 0 Å². The lowest BCUT2D eigenvalue weighted by Gasteiger charge is -2.12. The van der Waals surface area contributed by atoms with Crippen LogP contribution in [0, 0.1) is 5.92 Å². The van der Waals surface area contributed by atoms with E-state index >= 15 is 0 Å². The highest BCUT2D eigenvalue weighted by atomic mass is 79.9. The van der Waals surface area contributed by atoms with E-state index in [0.29, 0.717) is 11.6 Å². The van der Waals surface area contributed by atoms with Gasteiger partial charge in [-0.15, -0.1) is 10.2 Å². The van der Waals surface area contributed by atoms with Crippen LogP contribution in [-0.4, -0.2) is 16.1 Å². The lowest BCUT2D eigenvalue weighted by molar-refractivity contribution is -0.120. The number of nitrogens with zero attached hydrogens (tertiary/aromatic N) is 2. The third-order valence-electron chi connectivity index (χ3n) is 3.41. The van der Waals surface area contributed by atoms with Crippen molar-refractivity contribution >= 4 is 39.2 Å². The summed E-state index contributed by atoms with van der Waals surface area (Å²) in [7, 11) is 0. The summed E-state index contributed by atoms with van der Waals surface area (Å²) in [6.07, 6.45) is 1.63. The average Bonchev–Trinajstić information content (AvgIpc) is 2.52. The first-order chi connectivity index (χ1) is 10.6. The van der Waals surface area contributed by atoms with Gasteiger partial charge in [0.05, 0.1) is 5.69 Å². The Morgan fingerprint density at radius 3 is 2.32 bits per heavy atom. The molecule has 0 bridgehead atoms. The van der Waals surface area contributed by atoms with E-state index in [1.807, 2.05) is 38.1 Å². The monoisotopic (exact) mass is 362 g/mol. The van der Waals surface area contributed by atoms with Crippen LogP contribution in [0.25, 0.3) is 0 Å². The van der Waals surface area contributed by atoms with Crippen molar-refractivity contribution in [2.75, 3.05) is 10.6 Å². The normalized spacial score (nSPS) is 10.5. The highest BCUT2D eigenvalue weighted by molar-refractivity contribution is 9.10. The molecule has 0 fully saturated rings. The van der Waals surface area contributed by atoms with Gasteiger partial charge in [-0.05, 0) is 53.0 Å². The highest BCUT2D eigenvalue weighted by Gasteiger charge is 2.14. The number of benzene rings is 1. The predicted molar refractivity (Wildman–Crippen MR) is 92.2 cm³/mol. The molecule has 0 aliphatic heterocycles. The van der Waals surface area contributed by atoms with Crippen LogP contribution in [-0.2, 0) is 4.79 Å². The van der Waals surface area contributed by atoms with Gasteiger partial charge in [0.2, 0.25) is 5.91 Å². The molecule has 0 unspecified atom stereocenters. The Kier molecular flexibility index (Phi) is 5.89. The molecule has 1 amide bonds. The number of amides is 1. The second-order valence-corrected chi connectivity index (χ2v) is 5.77. The Balaban J connectivity index is 2.02. The molecule has 0 spiro atoms. The maximum atomic E-state index is 12.0. The van der Waals surface area contributed by atoms with Crippen LogP contribution < -0.4 is 10.6 Å². The summed E-state index contributed by atoms with van der Waals surface area (Å²) < 4.78 is 0.947. The number of aromatic nitrogens is 2. The Bertz CT molecular complexity index is 626. The number of carbonyl (C=O) groups excluding carboxylic acids is 1. The second kappa shape index (κ2) is 7.89. The average molecular weight is 363 g/mol. The van der Waals surface area contributed by atoms with Crippen molar-refractivity contribution in [2.45, 2.75) is 26.7 Å². The number of hydrogen-bond acceptors (Lipinski definition) is 4. The summed E-state index contributed by atoms with van der Waals surface area (Å²) in [5.74, 6) is 1.09. The number of halogens is 1. The fourth-order valence-electron chi connectivity index (χ4n) is 2.05. The smallest absolute Gasteiger partial charge is 0.228 e. The Morgan fingerprint density at radius 1 is 1.09 bits per heavy atom. The van der Waals surface area contributed by atoms with E-state index in [0.717, 1.165) is 23.0 Å². The van der Waals surface area contributed by atoms with Crippen molar-refractivity contribution in [3.05, 3.63) is 40.9 Å². The summed E-state index contributed by atoms with van der Waals surface area (Å²) in [5, 5.41) is 14.1.